The lowest BCUT2D eigenvalue weighted by Gasteiger charge is -2.24. The molecule has 1 aliphatic rings. The van der Waals surface area contributed by atoms with Gasteiger partial charge < -0.3 is 29.9 Å². The van der Waals surface area contributed by atoms with E-state index in [4.69, 9.17) is 9.47 Å². The van der Waals surface area contributed by atoms with Crippen molar-refractivity contribution in [1.82, 2.24) is 15.2 Å². The van der Waals surface area contributed by atoms with Gasteiger partial charge >= 0.3 is 12.1 Å². The highest BCUT2D eigenvalue weighted by Gasteiger charge is 2.24. The quantitative estimate of drug-likeness (QED) is 0.661. The van der Waals surface area contributed by atoms with Crippen LogP contribution in [0.5, 0.6) is 5.75 Å². The highest BCUT2D eigenvalue weighted by atomic mass is 16.6. The number of urea groups is 1. The minimum Gasteiger partial charge on any atom is -0.492 e. The molecule has 3 amide bonds. The second kappa shape index (κ2) is 10.9. The van der Waals surface area contributed by atoms with Gasteiger partial charge in [0, 0.05) is 44.1 Å². The number of ether oxygens (including phenoxy) is 2. The second-order valence-corrected chi connectivity index (χ2v) is 9.00. The Morgan fingerprint density at radius 1 is 1.21 bits per heavy atom. The lowest BCUT2D eigenvalue weighted by molar-refractivity contribution is 0.0278. The van der Waals surface area contributed by atoms with E-state index in [1.807, 2.05) is 39.0 Å². The van der Waals surface area contributed by atoms with Crippen molar-refractivity contribution in [2.24, 2.45) is 0 Å². The zero-order chi connectivity index (χ0) is 23.8. The molecule has 1 unspecified atom stereocenters. The first-order chi connectivity index (χ1) is 15.7. The average molecular weight is 456 g/mol. The number of amides is 3. The molecule has 9 nitrogen and oxygen atoms in total. The summed E-state index contributed by atoms with van der Waals surface area (Å²) in [6.07, 6.45) is 2.23. The van der Waals surface area contributed by atoms with Crippen LogP contribution in [0.3, 0.4) is 0 Å². The highest BCUT2D eigenvalue weighted by Crippen LogP contribution is 2.19. The molecule has 0 spiro atoms. The van der Waals surface area contributed by atoms with E-state index < -0.39 is 11.7 Å². The number of pyridine rings is 1. The van der Waals surface area contributed by atoms with Gasteiger partial charge in [0.05, 0.1) is 6.54 Å². The molecular formula is C24H33N5O4. The predicted molar refractivity (Wildman–Crippen MR) is 128 cm³/mol. The molecule has 1 aromatic carbocycles. The summed E-state index contributed by atoms with van der Waals surface area (Å²) in [5.74, 6) is 1.52. The molecule has 9 heteroatoms. The summed E-state index contributed by atoms with van der Waals surface area (Å²) in [5.41, 5.74) is 0.0900. The maximum atomic E-state index is 12.5. The largest absolute Gasteiger partial charge is 0.492 e. The first kappa shape index (κ1) is 24.2. The smallest absolute Gasteiger partial charge is 0.410 e. The summed E-state index contributed by atoms with van der Waals surface area (Å²) in [6, 6.07) is 12.8. The summed E-state index contributed by atoms with van der Waals surface area (Å²) >= 11 is 0. The number of aromatic nitrogens is 1. The fourth-order valence-electron chi connectivity index (χ4n) is 3.37. The molecule has 1 fully saturated rings. The van der Waals surface area contributed by atoms with Gasteiger partial charge in [0.25, 0.3) is 0 Å². The molecule has 1 aliphatic heterocycles. The maximum absolute atomic E-state index is 12.5. The van der Waals surface area contributed by atoms with Crippen molar-refractivity contribution in [2.75, 3.05) is 43.5 Å². The maximum Gasteiger partial charge on any atom is 0.410 e. The number of rotatable bonds is 7. The van der Waals surface area contributed by atoms with Gasteiger partial charge in [-0.15, -0.1) is 0 Å². The van der Waals surface area contributed by atoms with E-state index in [-0.39, 0.29) is 12.1 Å². The average Bonchev–Trinajstić information content (AvgIpc) is 3.21. The Bertz CT molecular complexity index is 932. The molecule has 33 heavy (non-hydrogen) atoms. The van der Waals surface area contributed by atoms with Crippen molar-refractivity contribution in [3.05, 3.63) is 48.7 Å². The van der Waals surface area contributed by atoms with Crippen LogP contribution >= 0.6 is 0 Å². The summed E-state index contributed by atoms with van der Waals surface area (Å²) < 4.78 is 11.1. The summed E-state index contributed by atoms with van der Waals surface area (Å²) in [4.78, 5) is 32.5. The van der Waals surface area contributed by atoms with Crippen molar-refractivity contribution in [1.29, 1.82) is 0 Å². The van der Waals surface area contributed by atoms with E-state index in [2.05, 4.69) is 20.5 Å². The van der Waals surface area contributed by atoms with Gasteiger partial charge in [-0.1, -0.05) is 12.1 Å². The lowest BCUT2D eigenvalue weighted by atomic mass is 10.2. The molecule has 3 rings (SSSR count). The number of hydrogen-bond donors (Lipinski definition) is 2. The lowest BCUT2D eigenvalue weighted by Crippen LogP contribution is -2.39. The van der Waals surface area contributed by atoms with Crippen molar-refractivity contribution < 1.29 is 19.1 Å². The molecule has 0 aliphatic carbocycles. The minimum absolute atomic E-state index is 0.0508. The van der Waals surface area contributed by atoms with E-state index in [9.17, 15) is 9.59 Å². The molecular weight excluding hydrogens is 422 g/mol. The van der Waals surface area contributed by atoms with Gasteiger partial charge in [-0.05, 0) is 51.5 Å². The van der Waals surface area contributed by atoms with E-state index >= 15 is 0 Å². The van der Waals surface area contributed by atoms with Crippen LogP contribution in [0.4, 0.5) is 21.1 Å². The molecule has 1 aromatic heterocycles. The second-order valence-electron chi connectivity index (χ2n) is 9.00. The number of hydrogen-bond acceptors (Lipinski definition) is 6. The summed E-state index contributed by atoms with van der Waals surface area (Å²) in [6.45, 7) is 7.73. The van der Waals surface area contributed by atoms with Crippen LogP contribution in [0.1, 0.15) is 27.2 Å². The fourth-order valence-corrected chi connectivity index (χ4v) is 3.37. The van der Waals surface area contributed by atoms with Crippen LogP contribution < -0.4 is 20.3 Å². The third-order valence-corrected chi connectivity index (χ3v) is 4.99. The Morgan fingerprint density at radius 3 is 2.76 bits per heavy atom. The molecule has 0 bridgehead atoms. The zero-order valence-corrected chi connectivity index (χ0v) is 19.7. The van der Waals surface area contributed by atoms with Crippen molar-refractivity contribution in [3.63, 3.8) is 0 Å². The van der Waals surface area contributed by atoms with Crippen LogP contribution in [-0.2, 0) is 4.74 Å². The summed E-state index contributed by atoms with van der Waals surface area (Å²) in [7, 11) is 1.66. The number of anilines is 2. The summed E-state index contributed by atoms with van der Waals surface area (Å²) in [5, 5.41) is 5.88. The SMILES string of the molecule is CN(CCOc1cccc(NC(=O)NC2CCN(c3ccccn3)C2)c1)C(=O)OC(C)(C)C. The van der Waals surface area contributed by atoms with E-state index in [1.54, 1.807) is 37.5 Å². The molecule has 1 atom stereocenters. The number of carbonyl (C=O) groups is 2. The molecule has 2 N–H and O–H groups in total. The van der Waals surface area contributed by atoms with Gasteiger partial charge in [0.15, 0.2) is 0 Å². The Hall–Kier alpha value is -3.49. The highest BCUT2D eigenvalue weighted by molar-refractivity contribution is 5.89. The monoisotopic (exact) mass is 455 g/mol. The number of benzene rings is 1. The normalized spacial score (nSPS) is 15.6. The zero-order valence-electron chi connectivity index (χ0n) is 19.7. The van der Waals surface area contributed by atoms with E-state index in [0.717, 1.165) is 25.3 Å². The fraction of sp³-hybridized carbons (Fsp3) is 0.458. The Labute approximate surface area is 195 Å². The molecule has 0 radical (unpaired) electrons. The first-order valence-corrected chi connectivity index (χ1v) is 11.1. The molecule has 1 saturated heterocycles. The van der Waals surface area contributed by atoms with Gasteiger partial charge in [-0.3, -0.25) is 0 Å². The van der Waals surface area contributed by atoms with E-state index in [1.165, 1.54) is 4.90 Å². The third-order valence-electron chi connectivity index (χ3n) is 4.99. The number of nitrogens with zero attached hydrogens (tertiary/aromatic N) is 3. The number of nitrogens with one attached hydrogen (secondary N) is 2. The number of likely N-dealkylation sites (N-methyl/N-ethyl adjacent to an activating group) is 1. The standard InChI is InChI=1S/C24H33N5O4/c1-24(2,3)33-23(31)28(4)14-15-32-20-9-7-8-18(16-20)26-22(30)27-19-11-13-29(17-19)21-10-5-6-12-25-21/h5-10,12,16,19H,11,13-15,17H2,1-4H3,(H2,26,27,30). The number of carbonyl (C=O) groups excluding carboxylic acids is 2. The van der Waals surface area contributed by atoms with Crippen LogP contribution in [0.25, 0.3) is 0 Å². The molecule has 2 aromatic rings. The van der Waals surface area contributed by atoms with Gasteiger partial charge in [-0.25, -0.2) is 14.6 Å². The van der Waals surface area contributed by atoms with Crippen LogP contribution in [-0.4, -0.2) is 66.9 Å². The Morgan fingerprint density at radius 2 is 2.03 bits per heavy atom. The van der Waals surface area contributed by atoms with Crippen molar-refractivity contribution in [3.8, 4) is 5.75 Å². The topological polar surface area (TPSA) is 96.0 Å². The molecule has 0 saturated carbocycles. The minimum atomic E-state index is -0.540. The van der Waals surface area contributed by atoms with Crippen LogP contribution in [0.2, 0.25) is 0 Å². The molecule has 178 valence electrons. The van der Waals surface area contributed by atoms with Gasteiger partial charge in [0.1, 0.15) is 23.8 Å². The van der Waals surface area contributed by atoms with Gasteiger partial charge in [0.2, 0.25) is 0 Å². The van der Waals surface area contributed by atoms with Gasteiger partial charge in [-0.2, -0.15) is 0 Å². The first-order valence-electron chi connectivity index (χ1n) is 11.1. The Balaban J connectivity index is 1.42. The molecule has 2 heterocycles. The van der Waals surface area contributed by atoms with Crippen molar-refractivity contribution in [2.45, 2.75) is 38.8 Å². The third kappa shape index (κ3) is 7.85. The van der Waals surface area contributed by atoms with Crippen LogP contribution in [0, 0.1) is 0 Å². The predicted octanol–water partition coefficient (Wildman–Crippen LogP) is 3.73. The van der Waals surface area contributed by atoms with Crippen molar-refractivity contribution >= 4 is 23.6 Å². The Kier molecular flexibility index (Phi) is 7.97. The van der Waals surface area contributed by atoms with Crippen LogP contribution in [0.15, 0.2) is 48.7 Å². The van der Waals surface area contributed by atoms with E-state index in [0.29, 0.717) is 24.6 Å².